The zero-order valence-electron chi connectivity index (χ0n) is 5.80. The summed E-state index contributed by atoms with van der Waals surface area (Å²) in [4.78, 5) is 7.05. The van der Waals surface area contributed by atoms with Crippen molar-refractivity contribution in [1.82, 2.24) is 9.97 Å². The Morgan fingerprint density at radius 2 is 2.60 bits per heavy atom. The highest BCUT2D eigenvalue weighted by molar-refractivity contribution is 5.22. The molecule has 1 aromatic heterocycles. The van der Waals surface area contributed by atoms with Gasteiger partial charge in [-0.25, -0.2) is 4.98 Å². The fourth-order valence-corrected chi connectivity index (χ4v) is 0.925. The van der Waals surface area contributed by atoms with E-state index in [-0.39, 0.29) is 0 Å². The molecule has 1 aliphatic carbocycles. The van der Waals surface area contributed by atoms with Crippen molar-refractivity contribution in [3.63, 3.8) is 0 Å². The summed E-state index contributed by atoms with van der Waals surface area (Å²) < 4.78 is 0. The molecule has 3 heteroatoms. The number of H-pyrrole nitrogens is 1. The van der Waals surface area contributed by atoms with E-state index in [0.29, 0.717) is 0 Å². The Kier molecular flexibility index (Phi) is 1.34. The molecule has 0 aliphatic heterocycles. The molecule has 0 bridgehead atoms. The second-order valence-corrected chi connectivity index (χ2v) is 2.76. The standard InChI is InChI=1S/C7H11N3/c1-2-6(1)5-10-7-8-3-4-9-7/h3-4,6H,1-2,5H2,(H2,8,9,10). The lowest BCUT2D eigenvalue weighted by Crippen LogP contribution is -2.03. The number of aromatic nitrogens is 2. The summed E-state index contributed by atoms with van der Waals surface area (Å²) in [6.45, 7) is 1.08. The first-order valence-electron chi connectivity index (χ1n) is 3.68. The molecule has 0 unspecified atom stereocenters. The van der Waals surface area contributed by atoms with Crippen molar-refractivity contribution < 1.29 is 0 Å². The molecule has 3 nitrogen and oxygen atoms in total. The highest BCUT2D eigenvalue weighted by Gasteiger charge is 2.20. The monoisotopic (exact) mass is 137 g/mol. The van der Waals surface area contributed by atoms with E-state index in [2.05, 4.69) is 15.3 Å². The Labute approximate surface area is 59.9 Å². The van der Waals surface area contributed by atoms with Crippen LogP contribution in [-0.4, -0.2) is 16.5 Å². The van der Waals surface area contributed by atoms with Gasteiger partial charge in [-0.3, -0.25) is 0 Å². The van der Waals surface area contributed by atoms with Crippen LogP contribution >= 0.6 is 0 Å². The van der Waals surface area contributed by atoms with Crippen LogP contribution in [0.4, 0.5) is 5.95 Å². The SMILES string of the molecule is c1c[nH]c(NCC2CC2)n1. The van der Waals surface area contributed by atoms with Gasteiger partial charge < -0.3 is 10.3 Å². The number of aromatic amines is 1. The molecule has 1 fully saturated rings. The quantitative estimate of drug-likeness (QED) is 0.657. The van der Waals surface area contributed by atoms with Gasteiger partial charge in [0.2, 0.25) is 0 Å². The number of hydrogen-bond acceptors (Lipinski definition) is 2. The fraction of sp³-hybridized carbons (Fsp3) is 0.571. The number of imidazole rings is 1. The van der Waals surface area contributed by atoms with Crippen LogP contribution < -0.4 is 5.32 Å². The van der Waals surface area contributed by atoms with Crippen LogP contribution in [0.15, 0.2) is 12.4 Å². The third-order valence-corrected chi connectivity index (χ3v) is 1.75. The average molecular weight is 137 g/mol. The lowest BCUT2D eigenvalue weighted by Gasteiger charge is -1.97. The zero-order chi connectivity index (χ0) is 6.81. The number of anilines is 1. The van der Waals surface area contributed by atoms with Crippen molar-refractivity contribution in [3.05, 3.63) is 12.4 Å². The minimum Gasteiger partial charge on any atom is -0.356 e. The second-order valence-electron chi connectivity index (χ2n) is 2.76. The molecule has 1 aromatic rings. The van der Waals surface area contributed by atoms with E-state index >= 15 is 0 Å². The van der Waals surface area contributed by atoms with Crippen molar-refractivity contribution in [3.8, 4) is 0 Å². The molecular formula is C7H11N3. The Morgan fingerprint density at radius 3 is 3.20 bits per heavy atom. The molecule has 0 amide bonds. The topological polar surface area (TPSA) is 40.7 Å². The predicted octanol–water partition coefficient (Wildman–Crippen LogP) is 1.23. The number of hydrogen-bond donors (Lipinski definition) is 2. The Morgan fingerprint density at radius 1 is 1.70 bits per heavy atom. The van der Waals surface area contributed by atoms with Crippen LogP contribution in [0.2, 0.25) is 0 Å². The number of nitrogens with zero attached hydrogens (tertiary/aromatic N) is 1. The molecule has 0 atom stereocenters. The third-order valence-electron chi connectivity index (χ3n) is 1.75. The summed E-state index contributed by atoms with van der Waals surface area (Å²) in [5.41, 5.74) is 0. The molecule has 0 aromatic carbocycles. The highest BCUT2D eigenvalue weighted by atomic mass is 15.1. The molecule has 54 valence electrons. The maximum absolute atomic E-state index is 4.05. The number of nitrogens with one attached hydrogen (secondary N) is 2. The Balaban J connectivity index is 1.79. The number of rotatable bonds is 3. The highest BCUT2D eigenvalue weighted by Crippen LogP contribution is 2.28. The molecule has 1 saturated carbocycles. The largest absolute Gasteiger partial charge is 0.356 e. The summed E-state index contributed by atoms with van der Waals surface area (Å²) >= 11 is 0. The van der Waals surface area contributed by atoms with Gasteiger partial charge in [-0.1, -0.05) is 0 Å². The van der Waals surface area contributed by atoms with Gasteiger partial charge in [-0.2, -0.15) is 0 Å². The van der Waals surface area contributed by atoms with Gasteiger partial charge in [0.25, 0.3) is 0 Å². The van der Waals surface area contributed by atoms with Crippen LogP contribution in [0.25, 0.3) is 0 Å². The van der Waals surface area contributed by atoms with E-state index in [0.717, 1.165) is 18.4 Å². The van der Waals surface area contributed by atoms with Crippen LogP contribution in [0.5, 0.6) is 0 Å². The van der Waals surface area contributed by atoms with Crippen molar-refractivity contribution in [1.29, 1.82) is 0 Å². The van der Waals surface area contributed by atoms with Crippen LogP contribution in [0.1, 0.15) is 12.8 Å². The first kappa shape index (κ1) is 5.77. The minimum atomic E-state index is 0.895. The summed E-state index contributed by atoms with van der Waals surface area (Å²) in [7, 11) is 0. The van der Waals surface area contributed by atoms with Crippen molar-refractivity contribution in [2.45, 2.75) is 12.8 Å². The molecule has 0 saturated heterocycles. The van der Waals surface area contributed by atoms with Gasteiger partial charge in [0.15, 0.2) is 5.95 Å². The Bertz CT molecular complexity index is 189. The lowest BCUT2D eigenvalue weighted by molar-refractivity contribution is 0.878. The van der Waals surface area contributed by atoms with Gasteiger partial charge in [-0.05, 0) is 18.8 Å². The molecule has 2 rings (SSSR count). The molecule has 0 radical (unpaired) electrons. The summed E-state index contributed by atoms with van der Waals surface area (Å²) in [5.74, 6) is 1.80. The molecule has 0 spiro atoms. The van der Waals surface area contributed by atoms with Crippen molar-refractivity contribution >= 4 is 5.95 Å². The molecule has 1 heterocycles. The van der Waals surface area contributed by atoms with Crippen LogP contribution in [0, 0.1) is 5.92 Å². The summed E-state index contributed by atoms with van der Waals surface area (Å²) in [5, 5.41) is 3.22. The predicted molar refractivity (Wildman–Crippen MR) is 39.8 cm³/mol. The third kappa shape index (κ3) is 1.29. The second kappa shape index (κ2) is 2.33. The normalized spacial score (nSPS) is 17.2. The molecule has 1 aliphatic rings. The van der Waals surface area contributed by atoms with Gasteiger partial charge in [0.05, 0.1) is 0 Å². The fourth-order valence-electron chi connectivity index (χ4n) is 0.925. The lowest BCUT2D eigenvalue weighted by atomic mass is 10.4. The maximum atomic E-state index is 4.05. The van der Waals surface area contributed by atoms with E-state index in [1.165, 1.54) is 12.8 Å². The smallest absolute Gasteiger partial charge is 0.200 e. The van der Waals surface area contributed by atoms with Gasteiger partial charge in [-0.15, -0.1) is 0 Å². The average Bonchev–Trinajstić information content (AvgIpc) is 2.63. The molecular weight excluding hydrogens is 126 g/mol. The van der Waals surface area contributed by atoms with Gasteiger partial charge in [0.1, 0.15) is 0 Å². The van der Waals surface area contributed by atoms with Crippen molar-refractivity contribution in [2.24, 2.45) is 5.92 Å². The van der Waals surface area contributed by atoms with E-state index < -0.39 is 0 Å². The minimum absolute atomic E-state index is 0.895. The zero-order valence-corrected chi connectivity index (χ0v) is 5.80. The van der Waals surface area contributed by atoms with Gasteiger partial charge in [0, 0.05) is 18.9 Å². The Hall–Kier alpha value is -0.990. The maximum Gasteiger partial charge on any atom is 0.200 e. The van der Waals surface area contributed by atoms with E-state index in [9.17, 15) is 0 Å². The van der Waals surface area contributed by atoms with Crippen molar-refractivity contribution in [2.75, 3.05) is 11.9 Å². The molecule has 10 heavy (non-hydrogen) atoms. The first-order valence-corrected chi connectivity index (χ1v) is 3.68. The van der Waals surface area contributed by atoms with E-state index in [4.69, 9.17) is 0 Å². The van der Waals surface area contributed by atoms with E-state index in [1.807, 2.05) is 6.20 Å². The summed E-state index contributed by atoms with van der Waals surface area (Å²) in [6, 6.07) is 0. The molecule has 2 N–H and O–H groups in total. The van der Waals surface area contributed by atoms with E-state index in [1.54, 1.807) is 6.20 Å². The summed E-state index contributed by atoms with van der Waals surface area (Å²) in [6.07, 6.45) is 6.35. The van der Waals surface area contributed by atoms with Gasteiger partial charge >= 0.3 is 0 Å². The van der Waals surface area contributed by atoms with Crippen LogP contribution in [-0.2, 0) is 0 Å². The first-order chi connectivity index (χ1) is 4.95. The van der Waals surface area contributed by atoms with Crippen LogP contribution in [0.3, 0.4) is 0 Å².